The molecule has 0 amide bonds. The highest BCUT2D eigenvalue weighted by Crippen LogP contribution is 2.15. The molecule has 2 nitrogen and oxygen atoms in total. The molecule has 0 saturated heterocycles. The smallest absolute Gasteiger partial charge is 0.392 e. The lowest BCUT2D eigenvalue weighted by molar-refractivity contribution is 0.279. The molecule has 0 N–H and O–H groups in total. The lowest BCUT2D eigenvalue weighted by Gasteiger charge is -2.22. The molecule has 0 heterocycles. The molecule has 0 aliphatic carbocycles. The van der Waals surface area contributed by atoms with Crippen LogP contribution >= 0.6 is 0 Å². The summed E-state index contributed by atoms with van der Waals surface area (Å²) in [5.41, 5.74) is 0. The lowest BCUT2D eigenvalue weighted by Crippen LogP contribution is -2.38. The summed E-state index contributed by atoms with van der Waals surface area (Å²) in [4.78, 5) is 0. The van der Waals surface area contributed by atoms with Crippen LogP contribution in [0.25, 0.3) is 0 Å². The first-order valence-corrected chi connectivity index (χ1v) is 7.44. The minimum absolute atomic E-state index is 0.548. The second-order valence-corrected chi connectivity index (χ2v) is 6.71. The van der Waals surface area contributed by atoms with Crippen molar-refractivity contribution in [3.05, 3.63) is 43.0 Å². The Bertz CT molecular complexity index is 283. The molecule has 1 aromatic carbocycles. The Kier molecular flexibility index (Phi) is 3.92. The normalized spacial score (nSPS) is 11.0. The van der Waals surface area contributed by atoms with Crippen molar-refractivity contribution in [3.8, 4) is 5.75 Å². The third-order valence-electron chi connectivity index (χ3n) is 1.66. The van der Waals surface area contributed by atoms with Crippen molar-refractivity contribution in [1.82, 2.24) is 0 Å². The molecular formula is C11H16O2Si. The van der Waals surface area contributed by atoms with E-state index in [4.69, 9.17) is 8.85 Å². The zero-order valence-electron chi connectivity index (χ0n) is 8.69. The van der Waals surface area contributed by atoms with Crippen LogP contribution in [-0.2, 0) is 4.43 Å². The average molecular weight is 208 g/mol. The second-order valence-electron chi connectivity index (χ2n) is 3.41. The maximum atomic E-state index is 5.77. The van der Waals surface area contributed by atoms with Crippen LogP contribution in [0.15, 0.2) is 43.0 Å². The third-order valence-corrected chi connectivity index (χ3v) is 3.24. The molecule has 0 aromatic heterocycles. The molecule has 0 unspecified atom stereocenters. The van der Waals surface area contributed by atoms with Crippen LogP contribution in [0, 0.1) is 0 Å². The van der Waals surface area contributed by atoms with Crippen molar-refractivity contribution in [2.24, 2.45) is 0 Å². The Morgan fingerprint density at radius 3 is 2.50 bits per heavy atom. The van der Waals surface area contributed by atoms with E-state index in [-0.39, 0.29) is 0 Å². The van der Waals surface area contributed by atoms with E-state index in [1.54, 1.807) is 6.08 Å². The molecule has 0 aliphatic heterocycles. The molecule has 3 heteroatoms. The van der Waals surface area contributed by atoms with Gasteiger partial charge in [-0.25, -0.2) is 0 Å². The predicted octanol–water partition coefficient (Wildman–Crippen LogP) is 2.97. The highest BCUT2D eigenvalue weighted by Gasteiger charge is 2.25. The molecule has 14 heavy (non-hydrogen) atoms. The van der Waals surface area contributed by atoms with E-state index in [1.165, 1.54) is 0 Å². The Hall–Kier alpha value is -1.06. The van der Waals surface area contributed by atoms with Crippen molar-refractivity contribution in [1.29, 1.82) is 0 Å². The van der Waals surface area contributed by atoms with Gasteiger partial charge in [-0.2, -0.15) is 0 Å². The van der Waals surface area contributed by atoms with Gasteiger partial charge in [0.2, 0.25) is 0 Å². The number of hydrogen-bond donors (Lipinski definition) is 0. The molecule has 76 valence electrons. The first kappa shape index (κ1) is 11.0. The maximum absolute atomic E-state index is 5.77. The standard InChI is InChI=1S/C11H16O2Si/c1-4-10-12-14(2,3)13-11-8-6-5-7-9-11/h4-9H,1,10H2,2-3H3. The van der Waals surface area contributed by atoms with Gasteiger partial charge in [-0.3, -0.25) is 0 Å². The van der Waals surface area contributed by atoms with E-state index in [0.717, 1.165) is 5.75 Å². The lowest BCUT2D eigenvalue weighted by atomic mass is 10.3. The fraction of sp³-hybridized carbons (Fsp3) is 0.273. The minimum atomic E-state index is -2.04. The van der Waals surface area contributed by atoms with E-state index in [1.807, 2.05) is 43.4 Å². The van der Waals surface area contributed by atoms with Gasteiger partial charge in [0.05, 0.1) is 6.61 Å². The van der Waals surface area contributed by atoms with Gasteiger partial charge in [0, 0.05) is 0 Å². The van der Waals surface area contributed by atoms with Crippen molar-refractivity contribution in [2.75, 3.05) is 6.61 Å². The van der Waals surface area contributed by atoms with Gasteiger partial charge in [0.25, 0.3) is 0 Å². The summed E-state index contributed by atoms with van der Waals surface area (Å²) in [5.74, 6) is 0.869. The SMILES string of the molecule is C=CCO[Si](C)(C)Oc1ccccc1. The van der Waals surface area contributed by atoms with Gasteiger partial charge < -0.3 is 8.85 Å². The average Bonchev–Trinajstić information content (AvgIpc) is 2.16. The maximum Gasteiger partial charge on any atom is 0.392 e. The van der Waals surface area contributed by atoms with Gasteiger partial charge in [0.1, 0.15) is 5.75 Å². The number of hydrogen-bond acceptors (Lipinski definition) is 2. The summed E-state index contributed by atoms with van der Waals surface area (Å²) in [5, 5.41) is 0. The van der Waals surface area contributed by atoms with E-state index >= 15 is 0 Å². The fourth-order valence-corrected chi connectivity index (χ4v) is 2.34. The van der Waals surface area contributed by atoms with Crippen LogP contribution in [-0.4, -0.2) is 15.2 Å². The zero-order valence-corrected chi connectivity index (χ0v) is 9.69. The number of para-hydroxylation sites is 1. The summed E-state index contributed by atoms with van der Waals surface area (Å²) < 4.78 is 11.4. The van der Waals surface area contributed by atoms with Gasteiger partial charge in [-0.1, -0.05) is 24.3 Å². The predicted molar refractivity (Wildman–Crippen MR) is 60.7 cm³/mol. The second kappa shape index (κ2) is 4.98. The molecular weight excluding hydrogens is 192 g/mol. The molecule has 0 spiro atoms. The van der Waals surface area contributed by atoms with E-state index in [9.17, 15) is 0 Å². The molecule has 0 radical (unpaired) electrons. The summed E-state index contributed by atoms with van der Waals surface area (Å²) in [7, 11) is -2.04. The zero-order chi connectivity index (χ0) is 10.4. The first-order valence-electron chi connectivity index (χ1n) is 4.63. The largest absolute Gasteiger partial charge is 0.520 e. The topological polar surface area (TPSA) is 18.5 Å². The van der Waals surface area contributed by atoms with E-state index in [0.29, 0.717) is 6.61 Å². The van der Waals surface area contributed by atoms with Gasteiger partial charge in [-0.05, 0) is 25.2 Å². The minimum Gasteiger partial charge on any atom is -0.520 e. The Labute approximate surface area is 86.4 Å². The number of benzene rings is 1. The molecule has 0 atom stereocenters. The van der Waals surface area contributed by atoms with Gasteiger partial charge in [-0.15, -0.1) is 6.58 Å². The summed E-state index contributed by atoms with van der Waals surface area (Å²) in [6.07, 6.45) is 1.74. The van der Waals surface area contributed by atoms with E-state index < -0.39 is 8.56 Å². The molecule has 1 aromatic rings. The Morgan fingerprint density at radius 2 is 1.93 bits per heavy atom. The third kappa shape index (κ3) is 3.76. The van der Waals surface area contributed by atoms with Crippen LogP contribution in [0.1, 0.15) is 0 Å². The highest BCUT2D eigenvalue weighted by molar-refractivity contribution is 6.65. The van der Waals surface area contributed by atoms with Crippen LogP contribution in [0.4, 0.5) is 0 Å². The van der Waals surface area contributed by atoms with Crippen LogP contribution in [0.5, 0.6) is 5.75 Å². The highest BCUT2D eigenvalue weighted by atomic mass is 28.4. The Morgan fingerprint density at radius 1 is 1.29 bits per heavy atom. The molecule has 0 fully saturated rings. The molecule has 1 rings (SSSR count). The van der Waals surface area contributed by atoms with Crippen molar-refractivity contribution >= 4 is 8.56 Å². The summed E-state index contributed by atoms with van der Waals surface area (Å²) >= 11 is 0. The first-order chi connectivity index (χ1) is 6.64. The monoisotopic (exact) mass is 208 g/mol. The van der Waals surface area contributed by atoms with Crippen LogP contribution in [0.2, 0.25) is 13.1 Å². The molecule has 0 aliphatic rings. The molecule has 0 saturated carbocycles. The summed E-state index contributed by atoms with van der Waals surface area (Å²) in [6, 6.07) is 9.74. The Balaban J connectivity index is 2.54. The quantitative estimate of drug-likeness (QED) is 0.547. The van der Waals surface area contributed by atoms with Crippen molar-refractivity contribution in [2.45, 2.75) is 13.1 Å². The van der Waals surface area contributed by atoms with Crippen LogP contribution in [0.3, 0.4) is 0 Å². The van der Waals surface area contributed by atoms with Gasteiger partial charge >= 0.3 is 8.56 Å². The van der Waals surface area contributed by atoms with Gasteiger partial charge in [0.15, 0.2) is 0 Å². The molecule has 0 bridgehead atoms. The van der Waals surface area contributed by atoms with Crippen LogP contribution < -0.4 is 4.43 Å². The number of rotatable bonds is 5. The van der Waals surface area contributed by atoms with E-state index in [2.05, 4.69) is 6.58 Å². The fourth-order valence-electron chi connectivity index (χ4n) is 1.06. The van der Waals surface area contributed by atoms with Crippen molar-refractivity contribution in [3.63, 3.8) is 0 Å². The summed E-state index contributed by atoms with van der Waals surface area (Å²) in [6.45, 7) is 8.19. The van der Waals surface area contributed by atoms with Crippen molar-refractivity contribution < 1.29 is 8.85 Å².